The van der Waals surface area contributed by atoms with Gasteiger partial charge in [-0.25, -0.2) is 14.0 Å². The van der Waals surface area contributed by atoms with E-state index in [0.29, 0.717) is 38.0 Å². The third-order valence-electron chi connectivity index (χ3n) is 17.4. The van der Waals surface area contributed by atoms with Crippen molar-refractivity contribution in [3.05, 3.63) is 23.8 Å². The minimum absolute atomic E-state index is 0.0971. The zero-order chi connectivity index (χ0) is 52.0. The molecule has 4 aliphatic carbocycles. The van der Waals surface area contributed by atoms with Crippen molar-refractivity contribution in [2.24, 2.45) is 46.3 Å². The maximum absolute atomic E-state index is 18.0. The van der Waals surface area contributed by atoms with Gasteiger partial charge < -0.3 is 55.1 Å². The molecule has 18 atom stereocenters. The topological polar surface area (TPSA) is 253 Å². The fraction of sp³-hybridized carbons (Fsp3) is 0.824. The molecule has 5 rings (SSSR count). The van der Waals surface area contributed by atoms with Crippen molar-refractivity contribution < 1.29 is 73.2 Å². The number of ketones is 1. The van der Waals surface area contributed by atoms with E-state index < -0.39 is 123 Å². The van der Waals surface area contributed by atoms with Gasteiger partial charge in [0.25, 0.3) is 0 Å². The molecule has 0 aromatic heterocycles. The van der Waals surface area contributed by atoms with Crippen LogP contribution in [0.4, 0.5) is 9.18 Å². The Hall–Kier alpha value is -3.36. The van der Waals surface area contributed by atoms with Crippen molar-refractivity contribution in [2.45, 2.75) is 180 Å². The number of esters is 3. The number of aliphatic hydroxyl groups is 6. The van der Waals surface area contributed by atoms with Gasteiger partial charge in [-0.2, -0.15) is 0 Å². The number of nitrogens with zero attached hydrogens (tertiary/aromatic N) is 2. The molecule has 0 spiro atoms. The third-order valence-corrected chi connectivity index (χ3v) is 17.4. The van der Waals surface area contributed by atoms with Crippen LogP contribution < -0.4 is 5.32 Å². The van der Waals surface area contributed by atoms with Gasteiger partial charge in [0.1, 0.15) is 17.8 Å². The van der Waals surface area contributed by atoms with Crippen LogP contribution in [0.25, 0.3) is 0 Å². The van der Waals surface area contributed by atoms with Crippen molar-refractivity contribution in [3.63, 3.8) is 0 Å². The summed E-state index contributed by atoms with van der Waals surface area (Å²) in [4.78, 5) is 70.0. The first kappa shape index (κ1) is 56.6. The van der Waals surface area contributed by atoms with E-state index in [0.717, 1.165) is 4.90 Å². The highest BCUT2D eigenvalue weighted by molar-refractivity contribution is 6.01. The molecule has 3 saturated carbocycles. The van der Waals surface area contributed by atoms with Crippen LogP contribution in [-0.4, -0.2) is 170 Å². The summed E-state index contributed by atoms with van der Waals surface area (Å²) in [6.45, 7) is 17.4. The molecule has 392 valence electrons. The number of alkyl halides is 1. The Morgan fingerprint density at radius 1 is 0.957 bits per heavy atom. The van der Waals surface area contributed by atoms with Gasteiger partial charge in [-0.3, -0.25) is 19.3 Å². The third kappa shape index (κ3) is 10.2. The van der Waals surface area contributed by atoms with E-state index in [-0.39, 0.29) is 56.8 Å². The predicted octanol–water partition coefficient (Wildman–Crippen LogP) is 3.39. The second kappa shape index (κ2) is 21.0. The smallest absolute Gasteiger partial charge is 0.417 e. The number of cyclic esters (lactones) is 1. The number of hydrogen-bond donors (Lipinski definition) is 7. The maximum Gasteiger partial charge on any atom is 0.417 e. The first-order valence-corrected chi connectivity index (χ1v) is 25.0. The quantitative estimate of drug-likeness (QED) is 0.0717. The molecular weight excluding hydrogens is 898 g/mol. The molecule has 1 aliphatic heterocycles. The summed E-state index contributed by atoms with van der Waals surface area (Å²) in [6.07, 6.45) is -2.58. The number of carbonyl (C=O) groups excluding carboxylic acids is 5. The van der Waals surface area contributed by atoms with Crippen molar-refractivity contribution in [3.8, 4) is 0 Å². The number of ether oxygens (including phenoxy) is 3. The van der Waals surface area contributed by atoms with Crippen LogP contribution in [0.5, 0.6) is 0 Å². The minimum atomic E-state index is -2.21. The summed E-state index contributed by atoms with van der Waals surface area (Å²) < 4.78 is 35.3. The van der Waals surface area contributed by atoms with Gasteiger partial charge >= 0.3 is 24.0 Å². The normalized spacial score (nSPS) is 44.3. The summed E-state index contributed by atoms with van der Waals surface area (Å²) in [7, 11) is 2.80. The number of fused-ring (bicyclic) bond motifs is 5. The average molecular weight is 980 g/mol. The molecule has 2 unspecified atom stereocenters. The molecule has 4 fully saturated rings. The van der Waals surface area contributed by atoms with E-state index in [9.17, 15) is 54.6 Å². The second-order valence-electron chi connectivity index (χ2n) is 22.5. The Labute approximate surface area is 407 Å². The van der Waals surface area contributed by atoms with Gasteiger partial charge in [0.05, 0.1) is 36.3 Å². The Bertz CT molecular complexity index is 1980. The number of carbonyl (C=O) groups is 5. The van der Waals surface area contributed by atoms with Crippen LogP contribution >= 0.6 is 0 Å². The van der Waals surface area contributed by atoms with Gasteiger partial charge in [-0.1, -0.05) is 46.3 Å². The minimum Gasteiger partial charge on any atom is -0.459 e. The van der Waals surface area contributed by atoms with Crippen LogP contribution in [0.3, 0.4) is 0 Å². The molecule has 17 nitrogen and oxygen atoms in total. The van der Waals surface area contributed by atoms with Gasteiger partial charge in [-0.15, -0.1) is 0 Å². The zero-order valence-corrected chi connectivity index (χ0v) is 42.9. The summed E-state index contributed by atoms with van der Waals surface area (Å²) in [6, 6.07) is -0.708. The highest BCUT2D eigenvalue weighted by Crippen LogP contribution is 2.71. The van der Waals surface area contributed by atoms with Gasteiger partial charge in [0.15, 0.2) is 11.5 Å². The van der Waals surface area contributed by atoms with Crippen molar-refractivity contribution in [1.29, 1.82) is 0 Å². The first-order valence-electron chi connectivity index (χ1n) is 25.0. The fourth-order valence-electron chi connectivity index (χ4n) is 13.3. The lowest BCUT2D eigenvalue weighted by Gasteiger charge is -2.62. The summed E-state index contributed by atoms with van der Waals surface area (Å²) >= 11 is 0. The van der Waals surface area contributed by atoms with Crippen LogP contribution in [0.1, 0.15) is 121 Å². The largest absolute Gasteiger partial charge is 0.459 e. The Morgan fingerprint density at radius 3 is 2.23 bits per heavy atom. The summed E-state index contributed by atoms with van der Waals surface area (Å²) in [5, 5.41) is 72.5. The highest BCUT2D eigenvalue weighted by atomic mass is 19.1. The standard InChI is InChI=1S/C51H82FN3O14/c1-13-38-49(10,66)42(61)32(6)55(27-28(2)25-48(9,65)41(60)30(4)40(59)31(5)43(62)67-38)22-14-20-53-21-18-39(58)69-51(44(63)68-45(64)54(11)12)29(3)23-36-35-16-15-33-24-34(56)17-19-46(33,7)50(35,52)37(57)26-47(36,51)8/h17,19,24,28-32,35-38,40-42,53,57,59-61,65-66H,13-16,18,20-23,25-27H2,1-12H3/t28-,29-,30+,31-,32-,35?,36?,37+,38-,40+,41-,42-,46+,47+,48-,49-,50+,51+/m1/s1. The Morgan fingerprint density at radius 2 is 1.61 bits per heavy atom. The molecular formula is C51H82FN3O14. The van der Waals surface area contributed by atoms with Gasteiger partial charge in [0, 0.05) is 61.8 Å². The fourth-order valence-corrected chi connectivity index (χ4v) is 13.3. The molecule has 7 N–H and O–H groups in total. The van der Waals surface area contributed by atoms with E-state index in [1.54, 1.807) is 41.5 Å². The molecule has 0 radical (unpaired) electrons. The lowest BCUT2D eigenvalue weighted by Crippen LogP contribution is -2.70. The first-order chi connectivity index (χ1) is 31.9. The molecule has 0 aromatic carbocycles. The number of rotatable bonds is 10. The second-order valence-corrected chi connectivity index (χ2v) is 22.5. The Kier molecular flexibility index (Phi) is 17.2. The van der Waals surface area contributed by atoms with E-state index >= 15 is 4.39 Å². The number of nitrogens with one attached hydrogen (secondary N) is 1. The molecule has 1 saturated heterocycles. The van der Waals surface area contributed by atoms with Crippen LogP contribution in [0.2, 0.25) is 0 Å². The molecule has 0 aromatic rings. The SMILES string of the molecule is CC[C@H]1OC(=O)[C@H](C)[C@@H](O)[C@H](C)[C@@H](O)[C@](C)(O)C[C@@H](C)CN(CCCNCCC(=O)O[C@]2(C(=O)OC(=O)N(C)C)[C@H](C)CC3C4CCC5=CC(=O)C=C[C@]5(C)[C@@]4(F)[C@@H](O)C[C@@]32C)[C@H](C)[C@@H](O)[C@]1(C)O. The van der Waals surface area contributed by atoms with Crippen molar-refractivity contribution in [1.82, 2.24) is 15.1 Å². The van der Waals surface area contributed by atoms with Gasteiger partial charge in [-0.05, 0) is 117 Å². The lowest BCUT2D eigenvalue weighted by atomic mass is 9.44. The molecule has 69 heavy (non-hydrogen) atoms. The van der Waals surface area contributed by atoms with Gasteiger partial charge in [0.2, 0.25) is 5.60 Å². The predicted molar refractivity (Wildman–Crippen MR) is 252 cm³/mol. The average Bonchev–Trinajstić information content (AvgIpc) is 3.49. The summed E-state index contributed by atoms with van der Waals surface area (Å²) in [5.41, 5.74) is -9.93. The van der Waals surface area contributed by atoms with Crippen molar-refractivity contribution in [2.75, 3.05) is 40.3 Å². The van der Waals surface area contributed by atoms with Crippen LogP contribution in [0, 0.1) is 46.3 Å². The van der Waals surface area contributed by atoms with E-state index in [1.165, 1.54) is 53.1 Å². The van der Waals surface area contributed by atoms with E-state index in [2.05, 4.69) is 5.32 Å². The van der Waals surface area contributed by atoms with E-state index in [4.69, 9.17) is 14.2 Å². The number of halogens is 1. The Balaban J connectivity index is 1.31. The number of hydrogen-bond acceptors (Lipinski definition) is 16. The molecule has 1 heterocycles. The number of amides is 1. The highest BCUT2D eigenvalue weighted by Gasteiger charge is 2.78. The van der Waals surface area contributed by atoms with E-state index in [1.807, 2.05) is 11.8 Å². The maximum atomic E-state index is 18.0. The van der Waals surface area contributed by atoms with Crippen molar-refractivity contribution >= 4 is 29.8 Å². The molecule has 0 bridgehead atoms. The lowest BCUT2D eigenvalue weighted by molar-refractivity contribution is -0.234. The summed E-state index contributed by atoms with van der Waals surface area (Å²) in [5.74, 6) is -7.39. The van der Waals surface area contributed by atoms with Crippen LogP contribution in [0.15, 0.2) is 23.8 Å². The number of allylic oxidation sites excluding steroid dienone is 4. The molecule has 18 heteroatoms. The van der Waals surface area contributed by atoms with Crippen LogP contribution in [-0.2, 0) is 33.4 Å². The molecule has 5 aliphatic rings. The number of aliphatic hydroxyl groups excluding tert-OH is 4. The zero-order valence-electron chi connectivity index (χ0n) is 42.9. The molecule has 1 amide bonds. The monoisotopic (exact) mass is 980 g/mol.